The van der Waals surface area contributed by atoms with Gasteiger partial charge in [0, 0.05) is 5.70 Å². The van der Waals surface area contributed by atoms with Gasteiger partial charge in [-0.05, 0) is 42.5 Å². The molecular formula is C25H25N3O4S. The van der Waals surface area contributed by atoms with Crippen LogP contribution < -0.4 is 5.32 Å². The molecule has 1 amide bonds. The zero-order chi connectivity index (χ0) is 23.4. The number of fused-ring (bicyclic) bond motifs is 1. The number of hydrogen-bond acceptors (Lipinski definition) is 7. The minimum absolute atomic E-state index is 0.110. The second kappa shape index (κ2) is 9.95. The van der Waals surface area contributed by atoms with Crippen molar-refractivity contribution >= 4 is 28.8 Å². The molecule has 0 bridgehead atoms. The molecule has 2 aliphatic heterocycles. The number of amides is 1. The number of thioether (sulfide) groups is 1. The number of allylic oxidation sites excluding steroid dienone is 1. The molecule has 1 atom stereocenters. The Kier molecular flexibility index (Phi) is 6.84. The summed E-state index contributed by atoms with van der Waals surface area (Å²) in [5.74, 6) is 0.0917. The van der Waals surface area contributed by atoms with Gasteiger partial charge in [-0.15, -0.1) is 0 Å². The predicted octanol–water partition coefficient (Wildman–Crippen LogP) is 4.60. The molecule has 0 unspecified atom stereocenters. The Balaban J connectivity index is 1.64. The van der Waals surface area contributed by atoms with E-state index in [1.165, 1.54) is 17.8 Å². The second-order valence-corrected chi connectivity index (χ2v) is 8.51. The van der Waals surface area contributed by atoms with E-state index in [9.17, 15) is 9.59 Å². The summed E-state index contributed by atoms with van der Waals surface area (Å²) in [7, 11) is 0. The lowest BCUT2D eigenvalue weighted by Gasteiger charge is -2.37. The summed E-state index contributed by atoms with van der Waals surface area (Å²) >= 11 is 1.44. The van der Waals surface area contributed by atoms with E-state index in [0.717, 1.165) is 22.0 Å². The summed E-state index contributed by atoms with van der Waals surface area (Å²) in [6.07, 6.45) is 3.25. The molecule has 3 heterocycles. The highest BCUT2D eigenvalue weighted by Crippen LogP contribution is 2.45. The summed E-state index contributed by atoms with van der Waals surface area (Å²) < 4.78 is 10.7. The van der Waals surface area contributed by atoms with Crippen LogP contribution in [0.4, 0.5) is 0 Å². The third-order valence-electron chi connectivity index (χ3n) is 5.42. The van der Waals surface area contributed by atoms with Crippen molar-refractivity contribution < 1.29 is 18.7 Å². The van der Waals surface area contributed by atoms with Gasteiger partial charge in [-0.1, -0.05) is 48.7 Å². The number of aryl methyl sites for hydroxylation is 1. The van der Waals surface area contributed by atoms with Crippen LogP contribution in [-0.4, -0.2) is 28.6 Å². The number of nitrogens with one attached hydrogen (secondary N) is 1. The maximum Gasteiger partial charge on any atom is 0.338 e. The SMILES string of the molecule is C=CCOC(=O)C1=C(C)N=C2SC=C(CC(=O)NCc3ccco3)N2[C@H]1c1ccccc1C. The molecule has 0 saturated carbocycles. The van der Waals surface area contributed by atoms with Gasteiger partial charge in [-0.3, -0.25) is 4.79 Å². The van der Waals surface area contributed by atoms with Crippen LogP contribution in [-0.2, 0) is 20.9 Å². The van der Waals surface area contributed by atoms with Crippen molar-refractivity contribution in [3.05, 3.63) is 94.6 Å². The number of aliphatic imine (C=N–C) groups is 1. The zero-order valence-corrected chi connectivity index (χ0v) is 19.4. The Hall–Kier alpha value is -3.52. The van der Waals surface area contributed by atoms with Gasteiger partial charge in [0.15, 0.2) is 5.17 Å². The smallest absolute Gasteiger partial charge is 0.338 e. The maximum atomic E-state index is 13.1. The average molecular weight is 464 g/mol. The minimum atomic E-state index is -0.449. The first-order valence-corrected chi connectivity index (χ1v) is 11.4. The quantitative estimate of drug-likeness (QED) is 0.455. The number of carbonyl (C=O) groups excluding carboxylic acids is 2. The molecule has 170 valence electrons. The fourth-order valence-electron chi connectivity index (χ4n) is 3.86. The molecule has 1 aromatic heterocycles. The average Bonchev–Trinajstić information content (AvgIpc) is 3.46. The van der Waals surface area contributed by atoms with Gasteiger partial charge in [0.2, 0.25) is 5.91 Å². The lowest BCUT2D eigenvalue weighted by molar-refractivity contribution is -0.138. The zero-order valence-electron chi connectivity index (χ0n) is 18.5. The number of carbonyl (C=O) groups is 2. The summed E-state index contributed by atoms with van der Waals surface area (Å²) in [6.45, 7) is 7.87. The van der Waals surface area contributed by atoms with Crippen molar-refractivity contribution in [2.24, 2.45) is 4.99 Å². The van der Waals surface area contributed by atoms with E-state index in [4.69, 9.17) is 9.15 Å². The molecule has 8 heteroatoms. The van der Waals surface area contributed by atoms with Crippen LogP contribution in [0, 0.1) is 6.92 Å². The molecule has 0 aliphatic carbocycles. The molecule has 2 aliphatic rings. The van der Waals surface area contributed by atoms with Crippen molar-refractivity contribution in [2.75, 3.05) is 6.61 Å². The van der Waals surface area contributed by atoms with Gasteiger partial charge in [-0.2, -0.15) is 0 Å². The number of nitrogens with zero attached hydrogens (tertiary/aromatic N) is 2. The van der Waals surface area contributed by atoms with Crippen LogP contribution in [0.5, 0.6) is 0 Å². The number of rotatable bonds is 8. The van der Waals surface area contributed by atoms with E-state index in [2.05, 4.69) is 16.9 Å². The molecule has 7 nitrogen and oxygen atoms in total. The van der Waals surface area contributed by atoms with Gasteiger partial charge >= 0.3 is 5.97 Å². The van der Waals surface area contributed by atoms with E-state index in [1.807, 2.05) is 54.5 Å². The maximum absolute atomic E-state index is 13.1. The van der Waals surface area contributed by atoms with Crippen LogP contribution in [0.3, 0.4) is 0 Å². The number of esters is 1. The summed E-state index contributed by atoms with van der Waals surface area (Å²) in [6, 6.07) is 11.0. The van der Waals surface area contributed by atoms with Crippen LogP contribution in [0.25, 0.3) is 0 Å². The highest BCUT2D eigenvalue weighted by atomic mass is 32.2. The summed E-state index contributed by atoms with van der Waals surface area (Å²) in [5.41, 5.74) is 3.82. The second-order valence-electron chi connectivity index (χ2n) is 7.67. The summed E-state index contributed by atoms with van der Waals surface area (Å²) in [4.78, 5) is 32.4. The third kappa shape index (κ3) is 4.80. The van der Waals surface area contributed by atoms with Gasteiger partial charge < -0.3 is 19.4 Å². The van der Waals surface area contributed by atoms with Crippen molar-refractivity contribution in [2.45, 2.75) is 32.9 Å². The van der Waals surface area contributed by atoms with Crippen molar-refractivity contribution in [3.63, 3.8) is 0 Å². The number of ether oxygens (including phenoxy) is 1. The fraction of sp³-hybridized carbons (Fsp3) is 0.240. The first kappa shape index (κ1) is 22.7. The highest BCUT2D eigenvalue weighted by molar-refractivity contribution is 8.16. The van der Waals surface area contributed by atoms with Gasteiger partial charge in [-0.25, -0.2) is 9.79 Å². The number of amidine groups is 1. The Morgan fingerprint density at radius 3 is 2.82 bits per heavy atom. The molecule has 0 spiro atoms. The van der Waals surface area contributed by atoms with Crippen LogP contribution in [0.1, 0.15) is 36.3 Å². The van der Waals surface area contributed by atoms with Crippen molar-refractivity contribution in [1.29, 1.82) is 0 Å². The lowest BCUT2D eigenvalue weighted by Crippen LogP contribution is -2.38. The molecule has 4 rings (SSSR count). The molecule has 1 N–H and O–H groups in total. The van der Waals surface area contributed by atoms with Crippen molar-refractivity contribution in [1.82, 2.24) is 10.2 Å². The number of hydrogen-bond donors (Lipinski definition) is 1. The Bertz CT molecular complexity index is 1160. The topological polar surface area (TPSA) is 84.1 Å². The molecule has 1 aromatic carbocycles. The molecule has 0 saturated heterocycles. The Morgan fingerprint density at radius 2 is 2.09 bits per heavy atom. The van der Waals surface area contributed by atoms with Gasteiger partial charge in [0.1, 0.15) is 12.4 Å². The Morgan fingerprint density at radius 1 is 1.27 bits per heavy atom. The van der Waals surface area contributed by atoms with Gasteiger partial charge in [0.05, 0.1) is 36.5 Å². The van der Waals surface area contributed by atoms with E-state index >= 15 is 0 Å². The normalized spacial score (nSPS) is 17.3. The van der Waals surface area contributed by atoms with E-state index in [1.54, 1.807) is 12.3 Å². The van der Waals surface area contributed by atoms with Crippen LogP contribution >= 0.6 is 11.8 Å². The Labute approximate surface area is 196 Å². The highest BCUT2D eigenvalue weighted by Gasteiger charge is 2.41. The van der Waals surface area contributed by atoms with Crippen LogP contribution in [0.2, 0.25) is 0 Å². The predicted molar refractivity (Wildman–Crippen MR) is 128 cm³/mol. The standard InChI is InChI=1S/C25H25N3O4S/c1-4-11-32-24(30)22-17(3)27-25-28(23(22)20-10-6-5-8-16(20)2)18(15-33-25)13-21(29)26-14-19-9-7-12-31-19/h4-10,12,15,23H,1,11,13-14H2,2-3H3,(H,26,29)/t23-/m0/s1. The monoisotopic (exact) mass is 463 g/mol. The third-order valence-corrected chi connectivity index (χ3v) is 6.31. The molecular weight excluding hydrogens is 438 g/mol. The van der Waals surface area contributed by atoms with Gasteiger partial charge in [0.25, 0.3) is 0 Å². The number of furan rings is 1. The summed E-state index contributed by atoms with van der Waals surface area (Å²) in [5, 5.41) is 5.53. The lowest BCUT2D eigenvalue weighted by atomic mass is 9.91. The molecule has 0 fully saturated rings. The number of benzene rings is 1. The first-order chi connectivity index (χ1) is 16.0. The molecule has 2 aromatic rings. The first-order valence-electron chi connectivity index (χ1n) is 10.6. The molecule has 0 radical (unpaired) electrons. The molecule has 33 heavy (non-hydrogen) atoms. The minimum Gasteiger partial charge on any atom is -0.467 e. The van der Waals surface area contributed by atoms with E-state index < -0.39 is 12.0 Å². The largest absolute Gasteiger partial charge is 0.467 e. The van der Waals surface area contributed by atoms with Crippen molar-refractivity contribution in [3.8, 4) is 0 Å². The van der Waals surface area contributed by atoms with E-state index in [-0.39, 0.29) is 18.9 Å². The van der Waals surface area contributed by atoms with E-state index in [0.29, 0.717) is 23.6 Å². The van der Waals surface area contributed by atoms with Crippen LogP contribution in [0.15, 0.2) is 87.1 Å². The fourth-order valence-corrected chi connectivity index (χ4v) is 4.82.